The molecule has 230 valence electrons. The summed E-state index contributed by atoms with van der Waals surface area (Å²) in [6, 6.07) is 15.6. The standard InChI is InChI=1S/C34H38N4O6/c1-5-6-7-24-23(13-14-25-29(24)32(43)38-31(25)42)26-18-22(12-15-27(26)34(2,3)4)37-33(44)36-19-20-8-10-21(11-9-20)30(41)35-17-16-28(39)40/h8-15,18H,5-7,16-17,19H2,1-4H3,(H,35,41)(H,39,40)(H2,36,37,44)(H,38,42,43). The molecule has 0 saturated carbocycles. The first kappa shape index (κ1) is 31.9. The van der Waals surface area contributed by atoms with E-state index in [2.05, 4.69) is 49.0 Å². The molecule has 1 aliphatic rings. The Labute approximate surface area is 256 Å². The van der Waals surface area contributed by atoms with E-state index in [0.29, 0.717) is 28.8 Å². The molecule has 5 N–H and O–H groups in total. The van der Waals surface area contributed by atoms with Gasteiger partial charge in [0.2, 0.25) is 0 Å². The van der Waals surface area contributed by atoms with Crippen molar-refractivity contribution >= 4 is 35.4 Å². The molecular weight excluding hydrogens is 560 g/mol. The van der Waals surface area contributed by atoms with Gasteiger partial charge in [0.25, 0.3) is 17.7 Å². The summed E-state index contributed by atoms with van der Waals surface area (Å²) in [6.07, 6.45) is 2.26. The Kier molecular flexibility index (Phi) is 9.83. The van der Waals surface area contributed by atoms with Gasteiger partial charge in [0, 0.05) is 24.3 Å². The minimum atomic E-state index is -0.988. The van der Waals surface area contributed by atoms with Gasteiger partial charge < -0.3 is 21.1 Å². The molecule has 0 aliphatic carbocycles. The van der Waals surface area contributed by atoms with E-state index in [1.807, 2.05) is 24.3 Å². The SMILES string of the molecule is CCCCc1c(-c2cc(NC(=O)NCc3ccc(C(=O)NCCC(=O)O)cc3)ccc2C(C)(C)C)ccc2c1C(=O)NC2=O. The van der Waals surface area contributed by atoms with Crippen molar-refractivity contribution in [2.75, 3.05) is 11.9 Å². The van der Waals surface area contributed by atoms with Gasteiger partial charge in [-0.1, -0.05) is 58.4 Å². The summed E-state index contributed by atoms with van der Waals surface area (Å²) in [5.41, 5.74) is 5.94. The highest BCUT2D eigenvalue weighted by Gasteiger charge is 2.32. The van der Waals surface area contributed by atoms with Crippen LogP contribution in [0.4, 0.5) is 10.5 Å². The Hall–Kier alpha value is -4.99. The number of carboxylic acids is 1. The number of unbranched alkanes of at least 4 members (excludes halogenated alkanes) is 1. The van der Waals surface area contributed by atoms with Crippen molar-refractivity contribution in [2.45, 2.75) is 65.3 Å². The van der Waals surface area contributed by atoms with Gasteiger partial charge in [0.15, 0.2) is 0 Å². The highest BCUT2D eigenvalue weighted by atomic mass is 16.4. The number of amides is 5. The Morgan fingerprint density at radius 2 is 1.57 bits per heavy atom. The number of carboxylic acid groups (broad SMARTS) is 1. The second-order valence-electron chi connectivity index (χ2n) is 11.8. The Morgan fingerprint density at radius 3 is 2.23 bits per heavy atom. The number of aliphatic carboxylic acids is 1. The first-order chi connectivity index (χ1) is 20.9. The third-order valence-corrected chi connectivity index (χ3v) is 7.46. The predicted molar refractivity (Wildman–Crippen MR) is 168 cm³/mol. The topological polar surface area (TPSA) is 154 Å². The molecule has 1 aliphatic heterocycles. The van der Waals surface area contributed by atoms with Crippen LogP contribution in [0.2, 0.25) is 0 Å². The van der Waals surface area contributed by atoms with Crippen molar-refractivity contribution in [3.05, 3.63) is 88.0 Å². The number of urea groups is 1. The van der Waals surface area contributed by atoms with E-state index >= 15 is 0 Å². The van der Waals surface area contributed by atoms with Crippen molar-refractivity contribution in [2.24, 2.45) is 0 Å². The summed E-state index contributed by atoms with van der Waals surface area (Å²) in [4.78, 5) is 60.9. The minimum Gasteiger partial charge on any atom is -0.481 e. The second kappa shape index (κ2) is 13.5. The molecule has 10 heteroatoms. The van der Waals surface area contributed by atoms with E-state index in [1.54, 1.807) is 30.3 Å². The summed E-state index contributed by atoms with van der Waals surface area (Å²) in [7, 11) is 0. The maximum atomic E-state index is 12.9. The molecule has 4 rings (SSSR count). The first-order valence-electron chi connectivity index (χ1n) is 14.7. The molecule has 0 spiro atoms. The van der Waals surface area contributed by atoms with E-state index in [4.69, 9.17) is 5.11 Å². The Balaban J connectivity index is 1.53. The number of imide groups is 1. The van der Waals surface area contributed by atoms with Crippen molar-refractivity contribution in [3.8, 4) is 11.1 Å². The molecular formula is C34H38N4O6. The molecule has 0 saturated heterocycles. The van der Waals surface area contributed by atoms with Gasteiger partial charge >= 0.3 is 12.0 Å². The lowest BCUT2D eigenvalue weighted by Crippen LogP contribution is -2.28. The van der Waals surface area contributed by atoms with Crippen LogP contribution in [0.5, 0.6) is 0 Å². The van der Waals surface area contributed by atoms with Crippen LogP contribution in [-0.2, 0) is 23.2 Å². The lowest BCUT2D eigenvalue weighted by atomic mass is 9.79. The van der Waals surface area contributed by atoms with Gasteiger partial charge in [0.05, 0.1) is 17.5 Å². The number of rotatable bonds is 11. The zero-order valence-corrected chi connectivity index (χ0v) is 25.4. The highest BCUT2D eigenvalue weighted by Crippen LogP contribution is 2.39. The second-order valence-corrected chi connectivity index (χ2v) is 11.8. The number of hydrogen-bond donors (Lipinski definition) is 5. The molecule has 0 bridgehead atoms. The molecule has 0 atom stereocenters. The molecule has 0 unspecified atom stereocenters. The highest BCUT2D eigenvalue weighted by molar-refractivity contribution is 6.22. The zero-order valence-electron chi connectivity index (χ0n) is 25.4. The fraction of sp³-hybridized carbons (Fsp3) is 0.324. The quantitative estimate of drug-likeness (QED) is 0.186. The normalized spacial score (nSPS) is 12.4. The predicted octanol–water partition coefficient (Wildman–Crippen LogP) is 5.40. The van der Waals surface area contributed by atoms with Crippen LogP contribution in [-0.4, -0.2) is 41.4 Å². The number of carbonyl (C=O) groups excluding carboxylic acids is 4. The van der Waals surface area contributed by atoms with Crippen molar-refractivity contribution < 1.29 is 29.1 Å². The zero-order chi connectivity index (χ0) is 32.0. The van der Waals surface area contributed by atoms with Crippen molar-refractivity contribution in [1.82, 2.24) is 16.0 Å². The number of nitrogens with one attached hydrogen (secondary N) is 4. The average Bonchev–Trinajstić information content (AvgIpc) is 3.27. The van der Waals surface area contributed by atoms with Crippen LogP contribution < -0.4 is 21.3 Å². The third kappa shape index (κ3) is 7.50. The number of hydrogen-bond acceptors (Lipinski definition) is 5. The van der Waals surface area contributed by atoms with Crippen LogP contribution >= 0.6 is 0 Å². The van der Waals surface area contributed by atoms with Gasteiger partial charge in [-0.25, -0.2) is 4.79 Å². The van der Waals surface area contributed by atoms with Crippen LogP contribution in [0.15, 0.2) is 54.6 Å². The fourth-order valence-corrected chi connectivity index (χ4v) is 5.21. The monoisotopic (exact) mass is 598 g/mol. The largest absolute Gasteiger partial charge is 0.481 e. The van der Waals surface area contributed by atoms with E-state index in [-0.39, 0.29) is 42.6 Å². The molecule has 0 fully saturated rings. The van der Waals surface area contributed by atoms with Crippen LogP contribution in [0.3, 0.4) is 0 Å². The van der Waals surface area contributed by atoms with Gasteiger partial charge in [-0.2, -0.15) is 0 Å². The Morgan fingerprint density at radius 1 is 0.864 bits per heavy atom. The van der Waals surface area contributed by atoms with Gasteiger partial charge in [-0.05, 0) is 76.4 Å². The fourth-order valence-electron chi connectivity index (χ4n) is 5.21. The summed E-state index contributed by atoms with van der Waals surface area (Å²) >= 11 is 0. The molecule has 1 heterocycles. The number of anilines is 1. The van der Waals surface area contributed by atoms with E-state index in [0.717, 1.165) is 40.7 Å². The maximum absolute atomic E-state index is 12.9. The smallest absolute Gasteiger partial charge is 0.319 e. The molecule has 44 heavy (non-hydrogen) atoms. The van der Waals surface area contributed by atoms with Crippen LogP contribution in [0.25, 0.3) is 11.1 Å². The average molecular weight is 599 g/mol. The summed E-state index contributed by atoms with van der Waals surface area (Å²) < 4.78 is 0. The van der Waals surface area contributed by atoms with E-state index in [9.17, 15) is 24.0 Å². The third-order valence-electron chi connectivity index (χ3n) is 7.46. The lowest BCUT2D eigenvalue weighted by Gasteiger charge is -2.25. The van der Waals surface area contributed by atoms with Crippen LogP contribution in [0.1, 0.15) is 94.7 Å². The Bertz CT molecular complexity index is 1610. The van der Waals surface area contributed by atoms with E-state index in [1.165, 1.54) is 0 Å². The molecule has 0 aromatic heterocycles. The number of fused-ring (bicyclic) bond motifs is 1. The van der Waals surface area contributed by atoms with Crippen molar-refractivity contribution in [3.63, 3.8) is 0 Å². The van der Waals surface area contributed by atoms with Gasteiger partial charge in [-0.3, -0.25) is 24.5 Å². The molecule has 3 aromatic rings. The molecule has 3 aromatic carbocycles. The molecule has 10 nitrogen and oxygen atoms in total. The molecule has 0 radical (unpaired) electrons. The lowest BCUT2D eigenvalue weighted by molar-refractivity contribution is -0.136. The number of benzene rings is 3. The van der Waals surface area contributed by atoms with Crippen molar-refractivity contribution in [1.29, 1.82) is 0 Å². The number of carbonyl (C=O) groups is 5. The summed E-state index contributed by atoms with van der Waals surface area (Å²) in [5, 5.41) is 19.4. The van der Waals surface area contributed by atoms with Gasteiger partial charge in [-0.15, -0.1) is 0 Å². The molecule has 5 amide bonds. The maximum Gasteiger partial charge on any atom is 0.319 e. The van der Waals surface area contributed by atoms with E-state index < -0.39 is 12.0 Å². The summed E-state index contributed by atoms with van der Waals surface area (Å²) in [5.74, 6) is -2.12. The first-order valence-corrected chi connectivity index (χ1v) is 14.7. The van der Waals surface area contributed by atoms with Crippen LogP contribution in [0, 0.1) is 0 Å². The van der Waals surface area contributed by atoms with Gasteiger partial charge in [0.1, 0.15) is 0 Å². The summed E-state index contributed by atoms with van der Waals surface area (Å²) in [6.45, 7) is 8.64. The minimum absolute atomic E-state index is 0.0393.